The first-order chi connectivity index (χ1) is 11.3. The Kier molecular flexibility index (Phi) is 3.48. The second kappa shape index (κ2) is 5.78. The molecule has 0 unspecified atom stereocenters. The summed E-state index contributed by atoms with van der Waals surface area (Å²) in [7, 11) is 0. The van der Waals surface area contributed by atoms with Crippen molar-refractivity contribution in [1.82, 2.24) is 5.32 Å². The molecule has 0 aliphatic heterocycles. The van der Waals surface area contributed by atoms with Crippen LogP contribution in [-0.2, 0) is 6.54 Å². The molecule has 1 amide bonds. The predicted molar refractivity (Wildman–Crippen MR) is 89.4 cm³/mol. The molecule has 0 spiro atoms. The van der Waals surface area contributed by atoms with Crippen molar-refractivity contribution < 1.29 is 13.6 Å². The van der Waals surface area contributed by atoms with Crippen LogP contribution in [0, 0.1) is 0 Å². The van der Waals surface area contributed by atoms with E-state index in [1.165, 1.54) is 0 Å². The molecule has 5 heteroatoms. The molecule has 0 saturated carbocycles. The number of furan rings is 2. The van der Waals surface area contributed by atoms with Crippen LogP contribution in [0.25, 0.3) is 22.1 Å². The molecule has 1 aromatic carbocycles. The third kappa shape index (κ3) is 2.78. The molecule has 0 saturated heterocycles. The molecule has 4 nitrogen and oxygen atoms in total. The minimum atomic E-state index is -0.209. The number of benzene rings is 1. The summed E-state index contributed by atoms with van der Waals surface area (Å²) >= 11 is 1.60. The van der Waals surface area contributed by atoms with Crippen molar-refractivity contribution in [3.63, 3.8) is 0 Å². The standard InChI is InChI=1S/C18H13NO3S/c20-18(17-8-12-3-1-2-4-16(12)22-17)19-9-15-7-14(11-23-15)13-5-6-21-10-13/h1-8,10-11H,9H2,(H,19,20). The number of hydrogen-bond donors (Lipinski definition) is 1. The molecule has 4 rings (SSSR count). The smallest absolute Gasteiger partial charge is 0.287 e. The summed E-state index contributed by atoms with van der Waals surface area (Å²) in [5, 5.41) is 5.87. The van der Waals surface area contributed by atoms with E-state index in [0.717, 1.165) is 27.0 Å². The highest BCUT2D eigenvalue weighted by Crippen LogP contribution is 2.26. The van der Waals surface area contributed by atoms with Gasteiger partial charge in [-0.3, -0.25) is 4.79 Å². The second-order valence-corrected chi connectivity index (χ2v) is 6.14. The number of fused-ring (bicyclic) bond motifs is 1. The maximum Gasteiger partial charge on any atom is 0.287 e. The van der Waals surface area contributed by atoms with Crippen LogP contribution in [0.15, 0.2) is 69.2 Å². The van der Waals surface area contributed by atoms with Crippen molar-refractivity contribution in [2.45, 2.75) is 6.54 Å². The fourth-order valence-electron chi connectivity index (χ4n) is 2.40. The number of carbonyl (C=O) groups excluding carboxylic acids is 1. The number of rotatable bonds is 4. The zero-order valence-electron chi connectivity index (χ0n) is 12.1. The van der Waals surface area contributed by atoms with Crippen LogP contribution in [0.4, 0.5) is 0 Å². The van der Waals surface area contributed by atoms with Gasteiger partial charge in [0, 0.05) is 15.8 Å². The van der Waals surface area contributed by atoms with Crippen molar-refractivity contribution in [2.24, 2.45) is 0 Å². The summed E-state index contributed by atoms with van der Waals surface area (Å²) in [5.74, 6) is 0.122. The summed E-state index contributed by atoms with van der Waals surface area (Å²) in [4.78, 5) is 13.3. The molecule has 114 valence electrons. The molecular formula is C18H13NO3S. The number of carbonyl (C=O) groups is 1. The number of hydrogen-bond acceptors (Lipinski definition) is 4. The minimum absolute atomic E-state index is 0.209. The van der Waals surface area contributed by atoms with Gasteiger partial charge in [0.2, 0.25) is 0 Å². The lowest BCUT2D eigenvalue weighted by atomic mass is 10.2. The Morgan fingerprint density at radius 3 is 2.87 bits per heavy atom. The normalized spacial score (nSPS) is 11.0. The van der Waals surface area contributed by atoms with Gasteiger partial charge in [0.1, 0.15) is 5.58 Å². The van der Waals surface area contributed by atoms with Crippen LogP contribution in [0.5, 0.6) is 0 Å². The molecule has 23 heavy (non-hydrogen) atoms. The van der Waals surface area contributed by atoms with E-state index in [2.05, 4.69) is 11.4 Å². The SMILES string of the molecule is O=C(NCc1cc(-c2ccoc2)cs1)c1cc2ccccc2o1. The molecule has 1 N–H and O–H groups in total. The van der Waals surface area contributed by atoms with Gasteiger partial charge in [-0.2, -0.15) is 0 Å². The molecular weight excluding hydrogens is 310 g/mol. The van der Waals surface area contributed by atoms with E-state index in [9.17, 15) is 4.79 Å². The van der Waals surface area contributed by atoms with E-state index in [-0.39, 0.29) is 5.91 Å². The molecule has 0 aliphatic carbocycles. The average Bonchev–Trinajstić information content (AvgIpc) is 3.31. The van der Waals surface area contributed by atoms with Gasteiger partial charge in [0.25, 0.3) is 5.91 Å². The molecule has 0 bridgehead atoms. The van der Waals surface area contributed by atoms with E-state index < -0.39 is 0 Å². The minimum Gasteiger partial charge on any atom is -0.472 e. The topological polar surface area (TPSA) is 55.4 Å². The van der Waals surface area contributed by atoms with E-state index in [1.807, 2.05) is 35.7 Å². The number of nitrogens with one attached hydrogen (secondary N) is 1. The Morgan fingerprint density at radius 1 is 1.13 bits per heavy atom. The third-order valence-corrected chi connectivity index (χ3v) is 4.52. The fourth-order valence-corrected chi connectivity index (χ4v) is 3.23. The lowest BCUT2D eigenvalue weighted by Crippen LogP contribution is -2.21. The van der Waals surface area contributed by atoms with Gasteiger partial charge in [-0.15, -0.1) is 11.3 Å². The van der Waals surface area contributed by atoms with Crippen molar-refractivity contribution in [3.05, 3.63) is 71.0 Å². The maximum absolute atomic E-state index is 12.2. The zero-order chi connectivity index (χ0) is 15.6. The molecule has 4 aromatic rings. The number of para-hydroxylation sites is 1. The Bertz CT molecular complexity index is 917. The van der Waals surface area contributed by atoms with Gasteiger partial charge in [0.15, 0.2) is 5.76 Å². The molecule has 3 aromatic heterocycles. The first-order valence-corrected chi connectivity index (χ1v) is 8.04. The molecule has 3 heterocycles. The monoisotopic (exact) mass is 323 g/mol. The number of thiophene rings is 1. The quantitative estimate of drug-likeness (QED) is 0.593. The Morgan fingerprint density at radius 2 is 2.04 bits per heavy atom. The van der Waals surface area contributed by atoms with Gasteiger partial charge in [-0.25, -0.2) is 0 Å². The lowest BCUT2D eigenvalue weighted by molar-refractivity contribution is 0.0925. The highest BCUT2D eigenvalue weighted by molar-refractivity contribution is 7.10. The summed E-state index contributed by atoms with van der Waals surface area (Å²) in [6.45, 7) is 0.471. The summed E-state index contributed by atoms with van der Waals surface area (Å²) in [6.07, 6.45) is 3.36. The highest BCUT2D eigenvalue weighted by atomic mass is 32.1. The Balaban J connectivity index is 1.45. The van der Waals surface area contributed by atoms with Crippen LogP contribution in [0.1, 0.15) is 15.4 Å². The number of amides is 1. The second-order valence-electron chi connectivity index (χ2n) is 5.14. The summed E-state index contributed by atoms with van der Waals surface area (Å²) in [5.41, 5.74) is 2.85. The first kappa shape index (κ1) is 13.8. The van der Waals surface area contributed by atoms with Crippen LogP contribution < -0.4 is 5.32 Å². The van der Waals surface area contributed by atoms with Crippen LogP contribution in [-0.4, -0.2) is 5.91 Å². The van der Waals surface area contributed by atoms with E-state index in [0.29, 0.717) is 12.3 Å². The van der Waals surface area contributed by atoms with Gasteiger partial charge >= 0.3 is 0 Å². The summed E-state index contributed by atoms with van der Waals surface area (Å²) in [6, 6.07) is 13.3. The largest absolute Gasteiger partial charge is 0.472 e. The average molecular weight is 323 g/mol. The Hall–Kier alpha value is -2.79. The molecule has 0 fully saturated rings. The van der Waals surface area contributed by atoms with Crippen molar-refractivity contribution in [2.75, 3.05) is 0 Å². The highest BCUT2D eigenvalue weighted by Gasteiger charge is 2.12. The molecule has 0 atom stereocenters. The zero-order valence-corrected chi connectivity index (χ0v) is 12.9. The van der Waals surface area contributed by atoms with E-state index >= 15 is 0 Å². The van der Waals surface area contributed by atoms with Gasteiger partial charge in [-0.05, 0) is 35.2 Å². The Labute approximate surface area is 136 Å². The molecule has 0 radical (unpaired) electrons. The van der Waals surface area contributed by atoms with Crippen molar-refractivity contribution >= 4 is 28.2 Å². The van der Waals surface area contributed by atoms with E-state index in [1.54, 1.807) is 29.9 Å². The first-order valence-electron chi connectivity index (χ1n) is 7.16. The van der Waals surface area contributed by atoms with Crippen LogP contribution in [0.2, 0.25) is 0 Å². The molecule has 0 aliphatic rings. The van der Waals surface area contributed by atoms with Crippen LogP contribution in [0.3, 0.4) is 0 Å². The van der Waals surface area contributed by atoms with Gasteiger partial charge < -0.3 is 14.2 Å². The van der Waals surface area contributed by atoms with Gasteiger partial charge in [0.05, 0.1) is 19.1 Å². The van der Waals surface area contributed by atoms with Gasteiger partial charge in [-0.1, -0.05) is 18.2 Å². The summed E-state index contributed by atoms with van der Waals surface area (Å²) < 4.78 is 10.6. The predicted octanol–water partition coefficient (Wildman–Crippen LogP) is 4.68. The maximum atomic E-state index is 12.2. The van der Waals surface area contributed by atoms with E-state index in [4.69, 9.17) is 8.83 Å². The third-order valence-electron chi connectivity index (χ3n) is 3.58. The van der Waals surface area contributed by atoms with Crippen molar-refractivity contribution in [3.8, 4) is 11.1 Å². The van der Waals surface area contributed by atoms with Crippen LogP contribution >= 0.6 is 11.3 Å². The van der Waals surface area contributed by atoms with Crippen molar-refractivity contribution in [1.29, 1.82) is 0 Å². The lowest BCUT2D eigenvalue weighted by Gasteiger charge is -2.00. The fraction of sp³-hybridized carbons (Fsp3) is 0.0556.